The van der Waals surface area contributed by atoms with E-state index in [9.17, 15) is 4.79 Å². The maximum absolute atomic E-state index is 12.5. The van der Waals surface area contributed by atoms with Gasteiger partial charge < -0.3 is 15.0 Å². The fraction of sp³-hybridized carbons (Fsp3) is 0.706. The Kier molecular flexibility index (Phi) is 5.44. The third-order valence-electron chi connectivity index (χ3n) is 4.45. The lowest BCUT2D eigenvalue weighted by molar-refractivity contribution is -0.126. The van der Waals surface area contributed by atoms with Gasteiger partial charge in [0.25, 0.3) is 0 Å². The molecule has 1 aliphatic rings. The van der Waals surface area contributed by atoms with E-state index in [-0.39, 0.29) is 17.4 Å². The molecule has 0 radical (unpaired) electrons. The van der Waals surface area contributed by atoms with Crippen molar-refractivity contribution in [3.8, 4) is 5.88 Å². The molecule has 23 heavy (non-hydrogen) atoms. The largest absolute Gasteiger partial charge is 0.481 e. The summed E-state index contributed by atoms with van der Waals surface area (Å²) in [5.74, 6) is 1.31. The molecule has 0 unspecified atom stereocenters. The van der Waals surface area contributed by atoms with E-state index in [4.69, 9.17) is 4.74 Å². The summed E-state index contributed by atoms with van der Waals surface area (Å²) in [5, 5.41) is 3.15. The second kappa shape index (κ2) is 7.15. The molecule has 1 atom stereocenters. The van der Waals surface area contributed by atoms with Crippen molar-refractivity contribution < 1.29 is 9.53 Å². The highest BCUT2D eigenvalue weighted by Crippen LogP contribution is 2.23. The second-order valence-corrected chi connectivity index (χ2v) is 6.86. The number of aryl methyl sites for hydroxylation is 1. The fourth-order valence-corrected chi connectivity index (χ4v) is 2.67. The zero-order valence-corrected chi connectivity index (χ0v) is 14.8. The van der Waals surface area contributed by atoms with Crippen molar-refractivity contribution in [1.82, 2.24) is 15.3 Å². The Bertz CT molecular complexity index is 560. The maximum Gasteiger partial charge on any atom is 0.228 e. The number of carbonyl (C=O) groups is 1. The van der Waals surface area contributed by atoms with Crippen LogP contribution in [0.25, 0.3) is 0 Å². The first-order valence-electron chi connectivity index (χ1n) is 8.31. The third-order valence-corrected chi connectivity index (χ3v) is 4.45. The number of hydrogen-bond donors (Lipinski definition) is 1. The first kappa shape index (κ1) is 17.5. The lowest BCUT2D eigenvalue weighted by atomic mass is 9.94. The monoisotopic (exact) mass is 320 g/mol. The van der Waals surface area contributed by atoms with Crippen LogP contribution in [0.5, 0.6) is 5.88 Å². The van der Waals surface area contributed by atoms with Crippen molar-refractivity contribution in [1.29, 1.82) is 0 Å². The molecule has 1 aromatic heterocycles. The molecule has 1 N–H and O–H groups in total. The summed E-state index contributed by atoms with van der Waals surface area (Å²) in [6.45, 7) is 9.64. The lowest BCUT2D eigenvalue weighted by Crippen LogP contribution is -2.50. The fourth-order valence-electron chi connectivity index (χ4n) is 2.67. The van der Waals surface area contributed by atoms with Crippen LogP contribution in [0.4, 0.5) is 5.95 Å². The number of anilines is 1. The number of piperidine rings is 1. The molecular formula is C17H28N4O2. The summed E-state index contributed by atoms with van der Waals surface area (Å²) in [5.41, 5.74) is 0.702. The highest BCUT2D eigenvalue weighted by Gasteiger charge is 2.30. The molecule has 1 aliphatic heterocycles. The number of nitrogens with one attached hydrogen (secondary N) is 1. The topological polar surface area (TPSA) is 67.4 Å². The zero-order chi connectivity index (χ0) is 17.0. The quantitative estimate of drug-likeness (QED) is 0.902. The molecular weight excluding hydrogens is 292 g/mol. The number of hydrogen-bond acceptors (Lipinski definition) is 5. The number of methoxy groups -OCH3 is 1. The summed E-state index contributed by atoms with van der Waals surface area (Å²) in [6.07, 6.45) is 2.78. The van der Waals surface area contributed by atoms with Crippen molar-refractivity contribution >= 4 is 11.9 Å². The second-order valence-electron chi connectivity index (χ2n) is 6.86. The third kappa shape index (κ3) is 4.56. The van der Waals surface area contributed by atoms with Crippen molar-refractivity contribution in [3.63, 3.8) is 0 Å². The molecule has 2 rings (SSSR count). The Hall–Kier alpha value is -1.85. The Balaban J connectivity index is 2.09. The molecule has 128 valence electrons. The van der Waals surface area contributed by atoms with Gasteiger partial charge in [-0.1, -0.05) is 6.92 Å². The molecule has 1 aromatic rings. The molecule has 6 heteroatoms. The number of carbonyl (C=O) groups excluding carboxylic acids is 1. The van der Waals surface area contributed by atoms with Crippen LogP contribution in [0.3, 0.4) is 0 Å². The van der Waals surface area contributed by atoms with E-state index in [1.54, 1.807) is 13.2 Å². The van der Waals surface area contributed by atoms with Gasteiger partial charge in [-0.2, -0.15) is 4.98 Å². The molecule has 0 aromatic carbocycles. The summed E-state index contributed by atoms with van der Waals surface area (Å²) in [7, 11) is 1.60. The molecule has 0 spiro atoms. The first-order valence-corrected chi connectivity index (χ1v) is 8.31. The summed E-state index contributed by atoms with van der Waals surface area (Å²) >= 11 is 0. The van der Waals surface area contributed by atoms with Crippen molar-refractivity contribution in [3.05, 3.63) is 11.8 Å². The van der Waals surface area contributed by atoms with E-state index < -0.39 is 0 Å². The van der Waals surface area contributed by atoms with E-state index in [1.807, 2.05) is 6.92 Å². The Morgan fingerprint density at radius 3 is 2.87 bits per heavy atom. The molecule has 2 heterocycles. The Morgan fingerprint density at radius 1 is 1.48 bits per heavy atom. The maximum atomic E-state index is 12.5. The van der Waals surface area contributed by atoms with Crippen LogP contribution in [0.1, 0.15) is 45.7 Å². The zero-order valence-electron chi connectivity index (χ0n) is 14.8. The molecule has 6 nitrogen and oxygen atoms in total. The standard InChI is InChI=1S/C17H28N4O2/c1-6-17(3,4)20-15(22)13-8-7-9-21(11-13)16-18-12(2)10-14(19-16)23-5/h10,13H,6-9,11H2,1-5H3,(H,20,22)/t13-/m1/s1. The molecule has 0 saturated carbocycles. The van der Waals surface area contributed by atoms with Gasteiger partial charge in [0.05, 0.1) is 13.0 Å². The SMILES string of the molecule is CCC(C)(C)NC(=O)[C@@H]1CCCN(c2nc(C)cc(OC)n2)C1. The number of ether oxygens (including phenoxy) is 1. The van der Waals surface area contributed by atoms with Crippen LogP contribution in [-0.4, -0.2) is 41.6 Å². The van der Waals surface area contributed by atoms with Crippen molar-refractivity contribution in [2.75, 3.05) is 25.1 Å². The lowest BCUT2D eigenvalue weighted by Gasteiger charge is -2.34. The van der Waals surface area contributed by atoms with E-state index in [1.165, 1.54) is 0 Å². The summed E-state index contributed by atoms with van der Waals surface area (Å²) < 4.78 is 5.22. The Labute approximate surface area is 138 Å². The molecule has 1 saturated heterocycles. The number of aromatic nitrogens is 2. The molecule has 1 amide bonds. The minimum absolute atomic E-state index is 0.0234. The van der Waals surface area contributed by atoms with E-state index in [2.05, 4.69) is 41.0 Å². The van der Waals surface area contributed by atoms with E-state index in [0.717, 1.165) is 31.5 Å². The average molecular weight is 320 g/mol. The average Bonchev–Trinajstić information content (AvgIpc) is 2.54. The van der Waals surface area contributed by atoms with Crippen molar-refractivity contribution in [2.45, 2.75) is 52.5 Å². The van der Waals surface area contributed by atoms with Gasteiger partial charge in [0, 0.05) is 30.4 Å². The van der Waals surface area contributed by atoms with Gasteiger partial charge in [0.1, 0.15) is 0 Å². The smallest absolute Gasteiger partial charge is 0.228 e. The van der Waals surface area contributed by atoms with Gasteiger partial charge in [-0.15, -0.1) is 0 Å². The van der Waals surface area contributed by atoms with Crippen LogP contribution in [0, 0.1) is 12.8 Å². The van der Waals surface area contributed by atoms with Gasteiger partial charge in [-0.25, -0.2) is 4.98 Å². The van der Waals surface area contributed by atoms with Gasteiger partial charge in [0.2, 0.25) is 17.7 Å². The minimum atomic E-state index is -0.164. The highest BCUT2D eigenvalue weighted by atomic mass is 16.5. The molecule has 0 aliphatic carbocycles. The van der Waals surface area contributed by atoms with Crippen LogP contribution in [-0.2, 0) is 4.79 Å². The number of amides is 1. The van der Waals surface area contributed by atoms with Crippen LogP contribution < -0.4 is 15.0 Å². The predicted molar refractivity (Wildman–Crippen MR) is 90.8 cm³/mol. The van der Waals surface area contributed by atoms with Gasteiger partial charge >= 0.3 is 0 Å². The Morgan fingerprint density at radius 2 is 2.22 bits per heavy atom. The van der Waals surface area contributed by atoms with Crippen molar-refractivity contribution in [2.24, 2.45) is 5.92 Å². The van der Waals surface area contributed by atoms with E-state index in [0.29, 0.717) is 18.4 Å². The number of nitrogens with zero attached hydrogens (tertiary/aromatic N) is 3. The van der Waals surface area contributed by atoms with Crippen LogP contribution in [0.2, 0.25) is 0 Å². The summed E-state index contributed by atoms with van der Waals surface area (Å²) in [6, 6.07) is 1.81. The normalized spacial score (nSPS) is 18.7. The summed E-state index contributed by atoms with van der Waals surface area (Å²) in [4.78, 5) is 23.5. The van der Waals surface area contributed by atoms with E-state index >= 15 is 0 Å². The molecule has 1 fully saturated rings. The predicted octanol–water partition coefficient (Wildman–Crippen LogP) is 2.31. The van der Waals surface area contributed by atoms with Gasteiger partial charge in [-0.3, -0.25) is 4.79 Å². The number of rotatable bonds is 5. The van der Waals surface area contributed by atoms with Gasteiger partial charge in [-0.05, 0) is 40.0 Å². The highest BCUT2D eigenvalue weighted by molar-refractivity contribution is 5.80. The first-order chi connectivity index (χ1) is 10.8. The van der Waals surface area contributed by atoms with Gasteiger partial charge in [0.15, 0.2) is 0 Å². The van der Waals surface area contributed by atoms with Crippen LogP contribution >= 0.6 is 0 Å². The minimum Gasteiger partial charge on any atom is -0.481 e. The molecule has 0 bridgehead atoms. The van der Waals surface area contributed by atoms with Crippen LogP contribution in [0.15, 0.2) is 6.07 Å².